The number of ether oxygens (including phenoxy) is 1. The summed E-state index contributed by atoms with van der Waals surface area (Å²) in [5, 5.41) is 0. The molecular formula is C13H23N3O2. The van der Waals surface area contributed by atoms with Gasteiger partial charge in [-0.05, 0) is 20.8 Å². The molecule has 0 unspecified atom stereocenters. The van der Waals surface area contributed by atoms with E-state index in [2.05, 4.69) is 9.74 Å². The molecule has 0 N–H and O–H groups in total. The molecule has 1 saturated heterocycles. The second-order valence-electron chi connectivity index (χ2n) is 5.54. The summed E-state index contributed by atoms with van der Waals surface area (Å²) in [5.74, 6) is 0. The summed E-state index contributed by atoms with van der Waals surface area (Å²) in [6.45, 7) is 17.1. The predicted molar refractivity (Wildman–Crippen MR) is 70.3 cm³/mol. The van der Waals surface area contributed by atoms with Crippen molar-refractivity contribution in [2.24, 2.45) is 0 Å². The van der Waals surface area contributed by atoms with E-state index in [1.165, 1.54) is 0 Å². The van der Waals surface area contributed by atoms with Crippen LogP contribution in [-0.4, -0.2) is 60.8 Å². The number of hydrogen-bond donors (Lipinski definition) is 0. The molecule has 5 heteroatoms. The minimum atomic E-state index is -0.427. The van der Waals surface area contributed by atoms with Crippen LogP contribution >= 0.6 is 0 Å². The smallest absolute Gasteiger partial charge is 0.410 e. The van der Waals surface area contributed by atoms with Crippen LogP contribution in [0.5, 0.6) is 0 Å². The van der Waals surface area contributed by atoms with E-state index in [9.17, 15) is 4.79 Å². The van der Waals surface area contributed by atoms with Crippen LogP contribution in [0.25, 0.3) is 4.85 Å². The molecule has 1 aliphatic heterocycles. The van der Waals surface area contributed by atoms with Crippen molar-refractivity contribution in [1.82, 2.24) is 9.80 Å². The first-order valence-electron chi connectivity index (χ1n) is 6.46. The van der Waals surface area contributed by atoms with Gasteiger partial charge in [0.15, 0.2) is 0 Å². The van der Waals surface area contributed by atoms with Crippen molar-refractivity contribution in [1.29, 1.82) is 0 Å². The van der Waals surface area contributed by atoms with Crippen molar-refractivity contribution < 1.29 is 9.53 Å². The van der Waals surface area contributed by atoms with E-state index in [-0.39, 0.29) is 6.09 Å². The van der Waals surface area contributed by atoms with Crippen LogP contribution in [0.15, 0.2) is 0 Å². The van der Waals surface area contributed by atoms with Gasteiger partial charge in [-0.15, -0.1) is 0 Å². The molecule has 18 heavy (non-hydrogen) atoms. The molecule has 1 aliphatic rings. The van der Waals surface area contributed by atoms with Gasteiger partial charge in [-0.25, -0.2) is 11.4 Å². The zero-order valence-electron chi connectivity index (χ0n) is 11.6. The number of rotatable bonds is 3. The number of hydrogen-bond acceptors (Lipinski definition) is 3. The van der Waals surface area contributed by atoms with Crippen molar-refractivity contribution in [3.8, 4) is 0 Å². The highest BCUT2D eigenvalue weighted by atomic mass is 16.6. The zero-order valence-corrected chi connectivity index (χ0v) is 11.6. The van der Waals surface area contributed by atoms with Gasteiger partial charge in [-0.1, -0.05) is 0 Å². The highest BCUT2D eigenvalue weighted by Crippen LogP contribution is 2.11. The standard InChI is InChI=1S/C13H23N3O2/c1-13(2,3)18-12(17)16-10-8-15(9-11-16)7-5-6-14-4/h5-11H2,1-3H3. The van der Waals surface area contributed by atoms with E-state index in [4.69, 9.17) is 11.3 Å². The van der Waals surface area contributed by atoms with Gasteiger partial charge in [0.05, 0.1) is 0 Å². The van der Waals surface area contributed by atoms with Crippen molar-refractivity contribution in [3.05, 3.63) is 11.4 Å². The summed E-state index contributed by atoms with van der Waals surface area (Å²) in [6.07, 6.45) is 0.693. The van der Waals surface area contributed by atoms with Gasteiger partial charge in [0.25, 0.3) is 0 Å². The second kappa shape index (κ2) is 6.60. The van der Waals surface area contributed by atoms with Crippen LogP contribution < -0.4 is 0 Å². The van der Waals surface area contributed by atoms with Crippen LogP contribution in [0, 0.1) is 6.57 Å². The predicted octanol–water partition coefficient (Wildman–Crippen LogP) is 1.85. The Hall–Kier alpha value is -1.28. The summed E-state index contributed by atoms with van der Waals surface area (Å²) in [6, 6.07) is 0. The minimum Gasteiger partial charge on any atom is -0.444 e. The third kappa shape index (κ3) is 5.37. The molecule has 0 saturated carbocycles. The highest BCUT2D eigenvalue weighted by molar-refractivity contribution is 5.68. The van der Waals surface area contributed by atoms with Gasteiger partial charge >= 0.3 is 6.09 Å². The number of nitrogens with zero attached hydrogens (tertiary/aromatic N) is 3. The molecule has 102 valence electrons. The Bertz CT molecular complexity index is 309. The number of carbonyl (C=O) groups excluding carboxylic acids is 1. The fourth-order valence-corrected chi connectivity index (χ4v) is 1.85. The summed E-state index contributed by atoms with van der Waals surface area (Å²) < 4.78 is 5.34. The first kappa shape index (κ1) is 14.8. The largest absolute Gasteiger partial charge is 0.444 e. The van der Waals surface area contributed by atoms with Gasteiger partial charge in [-0.3, -0.25) is 4.90 Å². The number of piperazine rings is 1. The Balaban J connectivity index is 2.27. The molecule has 1 fully saturated rings. The van der Waals surface area contributed by atoms with Gasteiger partial charge in [-0.2, -0.15) is 0 Å². The number of amides is 1. The van der Waals surface area contributed by atoms with Crippen LogP contribution in [0.4, 0.5) is 4.79 Å². The molecule has 0 atom stereocenters. The Kier molecular flexibility index (Phi) is 5.42. The molecule has 1 rings (SSSR count). The Labute approximate surface area is 110 Å². The molecule has 1 amide bonds. The van der Waals surface area contributed by atoms with Crippen LogP contribution in [0.3, 0.4) is 0 Å². The highest BCUT2D eigenvalue weighted by Gasteiger charge is 2.25. The normalized spacial score (nSPS) is 17.3. The molecular weight excluding hydrogens is 230 g/mol. The molecule has 0 aromatic carbocycles. The maximum Gasteiger partial charge on any atom is 0.410 e. The Morgan fingerprint density at radius 1 is 1.28 bits per heavy atom. The van der Waals surface area contributed by atoms with E-state index in [0.29, 0.717) is 19.6 Å². The lowest BCUT2D eigenvalue weighted by Gasteiger charge is -2.35. The molecule has 5 nitrogen and oxygen atoms in total. The third-order valence-electron chi connectivity index (χ3n) is 2.77. The second-order valence-corrected chi connectivity index (χ2v) is 5.54. The van der Waals surface area contributed by atoms with Gasteiger partial charge in [0.2, 0.25) is 6.54 Å². The molecule has 0 bridgehead atoms. The first-order chi connectivity index (χ1) is 8.42. The van der Waals surface area contributed by atoms with E-state index in [0.717, 1.165) is 26.1 Å². The van der Waals surface area contributed by atoms with Crippen molar-refractivity contribution in [2.75, 3.05) is 39.3 Å². The van der Waals surface area contributed by atoms with E-state index in [1.54, 1.807) is 4.90 Å². The molecule has 0 aromatic heterocycles. The first-order valence-corrected chi connectivity index (χ1v) is 6.46. The lowest BCUT2D eigenvalue weighted by Crippen LogP contribution is -2.50. The SMILES string of the molecule is [C-]#[N+]CCCN1CCN(C(=O)OC(C)(C)C)CC1. The number of carbonyl (C=O) groups is 1. The minimum absolute atomic E-state index is 0.219. The van der Waals surface area contributed by atoms with Crippen LogP contribution in [-0.2, 0) is 4.74 Å². The molecule has 1 heterocycles. The van der Waals surface area contributed by atoms with Gasteiger partial charge < -0.3 is 14.5 Å². The lowest BCUT2D eigenvalue weighted by atomic mass is 10.2. The van der Waals surface area contributed by atoms with E-state index < -0.39 is 5.60 Å². The monoisotopic (exact) mass is 253 g/mol. The Morgan fingerprint density at radius 3 is 2.39 bits per heavy atom. The van der Waals surface area contributed by atoms with Gasteiger partial charge in [0.1, 0.15) is 5.60 Å². The van der Waals surface area contributed by atoms with Crippen molar-refractivity contribution in [2.45, 2.75) is 32.8 Å². The van der Waals surface area contributed by atoms with Crippen LogP contribution in [0.2, 0.25) is 0 Å². The zero-order chi connectivity index (χ0) is 13.6. The molecule has 0 aromatic rings. The van der Waals surface area contributed by atoms with E-state index >= 15 is 0 Å². The topological polar surface area (TPSA) is 37.1 Å². The van der Waals surface area contributed by atoms with Crippen molar-refractivity contribution in [3.63, 3.8) is 0 Å². The van der Waals surface area contributed by atoms with Crippen molar-refractivity contribution >= 4 is 6.09 Å². The fraction of sp³-hybridized carbons (Fsp3) is 0.846. The quantitative estimate of drug-likeness (QED) is 0.569. The molecule has 0 radical (unpaired) electrons. The maximum absolute atomic E-state index is 11.8. The lowest BCUT2D eigenvalue weighted by molar-refractivity contribution is 0.0145. The molecule has 0 aliphatic carbocycles. The fourth-order valence-electron chi connectivity index (χ4n) is 1.85. The maximum atomic E-state index is 11.8. The Morgan fingerprint density at radius 2 is 1.89 bits per heavy atom. The summed E-state index contributed by atoms with van der Waals surface area (Å²) >= 11 is 0. The summed E-state index contributed by atoms with van der Waals surface area (Å²) in [5.41, 5.74) is -0.427. The summed E-state index contributed by atoms with van der Waals surface area (Å²) in [7, 11) is 0. The average Bonchev–Trinajstić information content (AvgIpc) is 2.28. The molecule has 0 spiro atoms. The van der Waals surface area contributed by atoms with Gasteiger partial charge in [0, 0.05) is 39.1 Å². The van der Waals surface area contributed by atoms with Crippen LogP contribution in [0.1, 0.15) is 27.2 Å². The average molecular weight is 253 g/mol. The summed E-state index contributed by atoms with van der Waals surface area (Å²) in [4.78, 5) is 19.2. The third-order valence-corrected chi connectivity index (χ3v) is 2.77. The van der Waals surface area contributed by atoms with E-state index in [1.807, 2.05) is 20.8 Å².